The normalized spacial score (nSPS) is 11.5. The Balaban J connectivity index is 2.82. The molecule has 0 radical (unpaired) electrons. The van der Waals surface area contributed by atoms with Crippen molar-refractivity contribution < 1.29 is 14.6 Å². The minimum atomic E-state index is -0.758. The maximum atomic E-state index is 9.65. The summed E-state index contributed by atoms with van der Waals surface area (Å²) in [5.74, 6) is 1.13. The molecule has 5 heteroatoms. The molecule has 0 aliphatic carbocycles. The summed E-state index contributed by atoms with van der Waals surface area (Å²) in [7, 11) is 3.45. The highest BCUT2D eigenvalue weighted by atomic mass is 35.5. The Hall–Kier alpha value is -0.970. The third-order valence-electron chi connectivity index (χ3n) is 2.63. The van der Waals surface area contributed by atoms with Crippen LogP contribution in [0.4, 0.5) is 0 Å². The van der Waals surface area contributed by atoms with Crippen LogP contribution in [-0.4, -0.2) is 31.5 Å². The van der Waals surface area contributed by atoms with Gasteiger partial charge in [0.15, 0.2) is 11.5 Å². The second kappa shape index (κ2) is 6.98. The highest BCUT2D eigenvalue weighted by molar-refractivity contribution is 6.32. The SMILES string of the molecule is CNCc1cc(Cl)c(OCCC(C)(C)O)c(OC)c1. The molecule has 0 aliphatic heterocycles. The molecule has 19 heavy (non-hydrogen) atoms. The van der Waals surface area contributed by atoms with Gasteiger partial charge in [-0.3, -0.25) is 0 Å². The predicted octanol–water partition coefficient (Wildman–Crippen LogP) is 2.61. The smallest absolute Gasteiger partial charge is 0.179 e. The summed E-state index contributed by atoms with van der Waals surface area (Å²) >= 11 is 6.20. The summed E-state index contributed by atoms with van der Waals surface area (Å²) in [5, 5.41) is 13.2. The standard InChI is InChI=1S/C14H22ClNO3/c1-14(2,17)5-6-19-13-11(15)7-10(9-16-3)8-12(13)18-4/h7-8,16-17H,5-6,9H2,1-4H3. The van der Waals surface area contributed by atoms with Crippen LogP contribution in [0.15, 0.2) is 12.1 Å². The first kappa shape index (κ1) is 16.1. The molecule has 0 unspecified atom stereocenters. The van der Waals surface area contributed by atoms with Gasteiger partial charge in [0, 0.05) is 13.0 Å². The molecule has 0 bridgehead atoms. The van der Waals surface area contributed by atoms with Crippen LogP contribution in [0.1, 0.15) is 25.8 Å². The fourth-order valence-electron chi connectivity index (χ4n) is 1.62. The van der Waals surface area contributed by atoms with E-state index in [9.17, 15) is 5.11 Å². The van der Waals surface area contributed by atoms with Gasteiger partial charge in [0.05, 0.1) is 24.3 Å². The van der Waals surface area contributed by atoms with E-state index in [0.29, 0.717) is 36.1 Å². The summed E-state index contributed by atoms with van der Waals surface area (Å²) in [5.41, 5.74) is 0.269. The molecule has 1 aromatic carbocycles. The van der Waals surface area contributed by atoms with Gasteiger partial charge in [-0.05, 0) is 38.6 Å². The second-order valence-corrected chi connectivity index (χ2v) is 5.46. The lowest BCUT2D eigenvalue weighted by atomic mass is 10.1. The third kappa shape index (κ3) is 5.27. The monoisotopic (exact) mass is 287 g/mol. The van der Waals surface area contributed by atoms with Crippen molar-refractivity contribution in [1.82, 2.24) is 5.32 Å². The second-order valence-electron chi connectivity index (χ2n) is 5.05. The summed E-state index contributed by atoms with van der Waals surface area (Å²) in [6.07, 6.45) is 0.519. The fraction of sp³-hybridized carbons (Fsp3) is 0.571. The number of nitrogens with one attached hydrogen (secondary N) is 1. The van der Waals surface area contributed by atoms with E-state index in [4.69, 9.17) is 21.1 Å². The Labute approximate surface area is 119 Å². The minimum Gasteiger partial charge on any atom is -0.493 e. The Kier molecular flexibility index (Phi) is 5.91. The van der Waals surface area contributed by atoms with Crippen molar-refractivity contribution >= 4 is 11.6 Å². The van der Waals surface area contributed by atoms with Crippen molar-refractivity contribution in [3.63, 3.8) is 0 Å². The first-order chi connectivity index (χ1) is 8.87. The number of methoxy groups -OCH3 is 1. The highest BCUT2D eigenvalue weighted by Crippen LogP contribution is 2.36. The third-order valence-corrected chi connectivity index (χ3v) is 2.91. The van der Waals surface area contributed by atoms with Crippen molar-refractivity contribution in [2.45, 2.75) is 32.4 Å². The van der Waals surface area contributed by atoms with E-state index in [1.165, 1.54) is 0 Å². The highest BCUT2D eigenvalue weighted by Gasteiger charge is 2.15. The molecule has 0 aliphatic rings. The van der Waals surface area contributed by atoms with E-state index >= 15 is 0 Å². The molecule has 0 saturated carbocycles. The Morgan fingerprint density at radius 2 is 2.05 bits per heavy atom. The molecular formula is C14H22ClNO3. The van der Waals surface area contributed by atoms with Crippen LogP contribution in [0.25, 0.3) is 0 Å². The van der Waals surface area contributed by atoms with Gasteiger partial charge in [-0.1, -0.05) is 11.6 Å². The van der Waals surface area contributed by atoms with E-state index in [0.717, 1.165) is 5.56 Å². The van der Waals surface area contributed by atoms with Gasteiger partial charge < -0.3 is 19.9 Å². The molecular weight excluding hydrogens is 266 g/mol. The molecule has 1 rings (SSSR count). The van der Waals surface area contributed by atoms with Crippen molar-refractivity contribution in [1.29, 1.82) is 0 Å². The van der Waals surface area contributed by atoms with Gasteiger partial charge >= 0.3 is 0 Å². The largest absolute Gasteiger partial charge is 0.493 e. The molecule has 0 aromatic heterocycles. The summed E-state index contributed by atoms with van der Waals surface area (Å²) in [4.78, 5) is 0. The number of rotatable bonds is 7. The summed E-state index contributed by atoms with van der Waals surface area (Å²) < 4.78 is 10.9. The van der Waals surface area contributed by atoms with Crippen LogP contribution in [0, 0.1) is 0 Å². The van der Waals surface area contributed by atoms with Gasteiger partial charge in [0.2, 0.25) is 0 Å². The van der Waals surface area contributed by atoms with E-state index in [-0.39, 0.29) is 0 Å². The number of halogens is 1. The lowest BCUT2D eigenvalue weighted by molar-refractivity contribution is 0.0549. The van der Waals surface area contributed by atoms with Crippen molar-refractivity contribution in [3.05, 3.63) is 22.7 Å². The zero-order valence-corrected chi connectivity index (χ0v) is 12.7. The zero-order valence-electron chi connectivity index (χ0n) is 11.9. The first-order valence-electron chi connectivity index (χ1n) is 6.23. The molecule has 0 saturated heterocycles. The fourth-order valence-corrected chi connectivity index (χ4v) is 1.91. The van der Waals surface area contributed by atoms with Crippen molar-refractivity contribution in [2.75, 3.05) is 20.8 Å². The van der Waals surface area contributed by atoms with Gasteiger partial charge in [-0.15, -0.1) is 0 Å². The van der Waals surface area contributed by atoms with Crippen LogP contribution in [0.5, 0.6) is 11.5 Å². The maximum Gasteiger partial charge on any atom is 0.179 e. The zero-order chi connectivity index (χ0) is 14.5. The lowest BCUT2D eigenvalue weighted by Gasteiger charge is -2.19. The molecule has 4 nitrogen and oxygen atoms in total. The Morgan fingerprint density at radius 1 is 1.37 bits per heavy atom. The van der Waals surface area contributed by atoms with Crippen LogP contribution in [-0.2, 0) is 6.54 Å². The van der Waals surface area contributed by atoms with E-state index in [2.05, 4.69) is 5.32 Å². The first-order valence-corrected chi connectivity index (χ1v) is 6.61. The van der Waals surface area contributed by atoms with Crippen molar-refractivity contribution in [3.8, 4) is 11.5 Å². The average Bonchev–Trinajstić information content (AvgIpc) is 2.30. The van der Waals surface area contributed by atoms with Crippen LogP contribution >= 0.6 is 11.6 Å². The van der Waals surface area contributed by atoms with Crippen molar-refractivity contribution in [2.24, 2.45) is 0 Å². The van der Waals surface area contributed by atoms with Gasteiger partial charge in [-0.25, -0.2) is 0 Å². The molecule has 0 amide bonds. The number of aliphatic hydroxyl groups is 1. The van der Waals surface area contributed by atoms with Crippen LogP contribution < -0.4 is 14.8 Å². The number of hydrogen-bond acceptors (Lipinski definition) is 4. The topological polar surface area (TPSA) is 50.7 Å². The van der Waals surface area contributed by atoms with E-state index in [1.807, 2.05) is 19.2 Å². The Bertz CT molecular complexity index is 416. The molecule has 2 N–H and O–H groups in total. The average molecular weight is 288 g/mol. The summed E-state index contributed by atoms with van der Waals surface area (Å²) in [6, 6.07) is 3.74. The molecule has 1 aromatic rings. The number of ether oxygens (including phenoxy) is 2. The van der Waals surface area contributed by atoms with Gasteiger partial charge in [0.1, 0.15) is 0 Å². The lowest BCUT2D eigenvalue weighted by Crippen LogP contribution is -2.22. The van der Waals surface area contributed by atoms with E-state index < -0.39 is 5.60 Å². The molecule has 0 spiro atoms. The number of hydrogen-bond donors (Lipinski definition) is 2. The van der Waals surface area contributed by atoms with E-state index in [1.54, 1.807) is 21.0 Å². The minimum absolute atomic E-state index is 0.380. The van der Waals surface area contributed by atoms with Crippen LogP contribution in [0.2, 0.25) is 5.02 Å². The summed E-state index contributed by atoms with van der Waals surface area (Å²) in [6.45, 7) is 4.57. The maximum absolute atomic E-state index is 9.65. The number of benzene rings is 1. The quantitative estimate of drug-likeness (QED) is 0.809. The molecule has 108 valence electrons. The van der Waals surface area contributed by atoms with Crippen LogP contribution in [0.3, 0.4) is 0 Å². The molecule has 0 fully saturated rings. The molecule has 0 heterocycles. The van der Waals surface area contributed by atoms with Gasteiger partial charge in [0.25, 0.3) is 0 Å². The molecule has 0 atom stereocenters. The van der Waals surface area contributed by atoms with Gasteiger partial charge in [-0.2, -0.15) is 0 Å². The predicted molar refractivity (Wildman–Crippen MR) is 77.2 cm³/mol. The Morgan fingerprint density at radius 3 is 2.58 bits per heavy atom.